The highest BCUT2D eigenvalue weighted by molar-refractivity contribution is 7.83. The minimum atomic E-state index is -6.57. The first-order chi connectivity index (χ1) is 35.2. The van der Waals surface area contributed by atoms with Gasteiger partial charge in [-0.2, -0.15) is 88.4 Å². The van der Waals surface area contributed by atoms with Gasteiger partial charge < -0.3 is 14.2 Å². The zero-order valence-electron chi connectivity index (χ0n) is 36.6. The fraction of sp³-hybridized carbons (Fsp3) is 1.00. The molecule has 1 saturated carbocycles. The molecule has 0 radical (unpaired) electrons. The molecule has 0 aromatic carbocycles. The first-order valence-electron chi connectivity index (χ1n) is 18.3. The van der Waals surface area contributed by atoms with Crippen molar-refractivity contribution in [2.45, 2.75) is 86.0 Å². The van der Waals surface area contributed by atoms with Gasteiger partial charge in [-0.1, -0.05) is 0 Å². The van der Waals surface area contributed by atoms with Crippen molar-refractivity contribution in [1.82, 2.24) is 0 Å². The Bertz CT molecular complexity index is 3190. The molecule has 1 aliphatic carbocycles. The van der Waals surface area contributed by atoms with E-state index in [1.54, 1.807) is 0 Å². The van der Waals surface area contributed by atoms with Crippen LogP contribution in [0.4, 0.5) is 0 Å². The van der Waals surface area contributed by atoms with Crippen LogP contribution in [0.2, 0.25) is 0 Å². The quantitative estimate of drug-likeness (QED) is 0.0207. The lowest BCUT2D eigenvalue weighted by atomic mass is 9.81. The van der Waals surface area contributed by atoms with Crippen LogP contribution in [0.15, 0.2) is 0 Å². The van der Waals surface area contributed by atoms with E-state index in [2.05, 4.69) is 50.2 Å². The summed E-state index contributed by atoms with van der Waals surface area (Å²) in [6.45, 7) is -8.12. The highest BCUT2D eigenvalue weighted by Gasteiger charge is 2.56. The highest BCUT2D eigenvalue weighted by Crippen LogP contribution is 2.38. The van der Waals surface area contributed by atoms with Gasteiger partial charge in [0.05, 0.1) is 32.5 Å². The lowest BCUT2D eigenvalue weighted by molar-refractivity contribution is -0.291. The van der Waals surface area contributed by atoms with Crippen LogP contribution < -0.4 is 0 Å². The van der Waals surface area contributed by atoms with Gasteiger partial charge in [-0.15, -0.1) is 0 Å². The van der Waals surface area contributed by atoms with Crippen LogP contribution in [-0.2, 0) is 192 Å². The summed E-state index contributed by atoms with van der Waals surface area (Å²) in [7, 11) is -55.7. The molecule has 48 nitrogen and oxygen atoms in total. The summed E-state index contributed by atoms with van der Waals surface area (Å²) in [4.78, 5) is 0. The van der Waals surface area contributed by atoms with Crippen LogP contribution in [0.5, 0.6) is 0 Å². The molecule has 79 heavy (non-hydrogen) atoms. The molecule has 12 N–H and O–H groups in total. The second-order valence-electron chi connectivity index (χ2n) is 14.1. The summed E-state index contributed by atoms with van der Waals surface area (Å²) in [5.74, 6) is -2.48. The van der Waals surface area contributed by atoms with Gasteiger partial charge in [0.15, 0.2) is 12.4 Å². The van der Waals surface area contributed by atoms with Crippen LogP contribution in [0.3, 0.4) is 0 Å². The fourth-order valence-electron chi connectivity index (χ4n) is 6.43. The summed E-state index contributed by atoms with van der Waals surface area (Å²) < 4.78 is 431. The number of rotatable bonds is 35. The third-order valence-electron chi connectivity index (χ3n) is 8.61. The van der Waals surface area contributed by atoms with Gasteiger partial charge in [-0.05, 0) is 6.42 Å². The number of hydrogen-bond donors (Lipinski definition) is 12. The topological polar surface area (TPSA) is 740 Å². The first-order valence-corrected chi connectivity index (χ1v) is 33.6. The van der Waals surface area contributed by atoms with Gasteiger partial charge in [-0.25, -0.2) is 37.6 Å². The van der Waals surface area contributed by atoms with Crippen molar-refractivity contribution >= 4 is 128 Å². The van der Waals surface area contributed by atoms with Crippen LogP contribution in [0.25, 0.3) is 0 Å². The Hall–Kier alpha value is -1.08. The van der Waals surface area contributed by atoms with Crippen LogP contribution in [0, 0.1) is 5.92 Å². The van der Waals surface area contributed by atoms with E-state index in [1.807, 2.05) is 0 Å². The number of ether oxygens (including phenoxy) is 3. The fourth-order valence-corrected chi connectivity index (χ4v) is 11.8. The maximum absolute atomic E-state index is 12.3. The van der Waals surface area contributed by atoms with Gasteiger partial charge >= 0.3 is 128 Å². The molecular formula is C19H36O48S12. The van der Waals surface area contributed by atoms with Gasteiger partial charge in [0.25, 0.3) is 0 Å². The molecule has 3 unspecified atom stereocenters. The average Bonchev–Trinajstić information content (AvgIpc) is 3.17. The minimum Gasteiger partial charge on any atom is -0.372 e. The Kier molecular flexibility index (Phi) is 27.1. The molecule has 2 fully saturated rings. The van der Waals surface area contributed by atoms with Gasteiger partial charge in [0.1, 0.15) is 61.0 Å². The zero-order valence-corrected chi connectivity index (χ0v) is 46.4. The Balaban J connectivity index is 3.06. The second-order valence-corrected chi connectivity index (χ2v) is 25.5. The van der Waals surface area contributed by atoms with E-state index in [0.29, 0.717) is 0 Å². The molecule has 2 aliphatic rings. The molecule has 60 heteroatoms. The molecule has 1 saturated heterocycles. The number of hydrogen-bond acceptors (Lipinski definition) is 36. The molecular weight excluding hydrogens is 1380 g/mol. The van der Waals surface area contributed by atoms with E-state index < -0.39 is 246 Å². The van der Waals surface area contributed by atoms with E-state index >= 15 is 0 Å². The summed E-state index contributed by atoms with van der Waals surface area (Å²) in [6, 6.07) is 0. The van der Waals surface area contributed by atoms with Crippen molar-refractivity contribution in [3.05, 3.63) is 0 Å². The van der Waals surface area contributed by atoms with Crippen molar-refractivity contribution in [3.8, 4) is 0 Å². The Morgan fingerprint density at radius 1 is 0.418 bits per heavy atom. The Morgan fingerprint density at radius 3 is 1.23 bits per heavy atom. The predicted molar refractivity (Wildman–Crippen MR) is 229 cm³/mol. The lowest BCUT2D eigenvalue weighted by Gasteiger charge is -2.44. The molecule has 17 atom stereocenters. The molecule has 472 valence electrons. The van der Waals surface area contributed by atoms with Gasteiger partial charge in [0.2, 0.25) is 0 Å². The molecule has 0 aromatic rings. The summed E-state index contributed by atoms with van der Waals surface area (Å²) in [6.07, 6.45) is -43.4. The van der Waals surface area contributed by atoms with E-state index in [9.17, 15) is 134 Å². The largest absolute Gasteiger partial charge is 0.397 e. The SMILES string of the molecule is O=S(O)O[C@@H]1[C@@H](OS(=O)(=O)O)[C@H](OC[C@@H](OS(=O)O)[C@@H](OS(=O)(=O)O)[C@H](OS(=O)(=O)O)[C@@H](CO[C@@H]2C[C@H](COS(=O)(=O)O)[C@@H](OS(=O)(=O)O)[C@H](OS(=O)(=O)O)[C@H]2OS(=O)(=O)O)OS(=O)(=O)O)O[C@H](COS(=O)(=O)O)[C@H]1OS(=O)O. The smallest absolute Gasteiger partial charge is 0.372 e. The normalized spacial score (nSPS) is 28.3. The van der Waals surface area contributed by atoms with Crippen LogP contribution in [0.1, 0.15) is 6.42 Å². The molecule has 0 bridgehead atoms. The van der Waals surface area contributed by atoms with Crippen molar-refractivity contribution in [2.75, 3.05) is 26.4 Å². The molecule has 0 aromatic heterocycles. The lowest BCUT2D eigenvalue weighted by Crippen LogP contribution is -2.63. The monoisotopic (exact) mass is 1420 g/mol. The molecule has 2 rings (SSSR count). The molecule has 1 aliphatic heterocycles. The van der Waals surface area contributed by atoms with E-state index in [1.165, 1.54) is 0 Å². The molecule has 0 spiro atoms. The van der Waals surface area contributed by atoms with Crippen molar-refractivity contribution in [1.29, 1.82) is 0 Å². The van der Waals surface area contributed by atoms with Crippen molar-refractivity contribution < 1.29 is 207 Å². The minimum absolute atomic E-state index is 1.60. The average molecular weight is 1420 g/mol. The van der Waals surface area contributed by atoms with Crippen molar-refractivity contribution in [2.24, 2.45) is 5.92 Å². The van der Waals surface area contributed by atoms with E-state index in [4.69, 9.17) is 23.3 Å². The summed E-state index contributed by atoms with van der Waals surface area (Å²) in [5, 5.41) is 0. The maximum atomic E-state index is 12.3. The Labute approximate surface area is 450 Å². The molecule has 0 amide bonds. The zero-order chi connectivity index (χ0) is 61.5. The summed E-state index contributed by atoms with van der Waals surface area (Å²) >= 11 is -11.6. The standard InChI is InChI=1S/C19H36O48S12/c20-68(21)58-9(3-54-19-18(67-79(50,51)52)16(60-70(24)25)12(59-69(22)23)8(57-19)5-56-72(29,30)31)14(64-76(41,42)43)15(65-77(44,45)46)10(61-73(32,33)34)4-53-7-1-6(2-55-71(26,27)28)11(62-74(35,36)37)17(66-78(47,48)49)13(7)63-75(38,39)40/h6-19H,1-5H2,(H,20,21)(H,22,23)(H,24,25)(H,26,27,28)(H,29,30,31)(H,32,33,34)(H,35,36,37)(H,38,39,40)(H,41,42,43)(H,44,45,46)(H,47,48,49)(H,50,51,52)/t6-,7-,8-,9-,10-,11-,12-,13+,14-,15-,16+,17+,18-,19-/m1/s1. The maximum Gasteiger partial charge on any atom is 0.397 e. The molecule has 1 heterocycles. The van der Waals surface area contributed by atoms with Crippen LogP contribution >= 0.6 is 0 Å². The van der Waals surface area contributed by atoms with Gasteiger partial charge in [0, 0.05) is 5.92 Å². The first kappa shape index (κ1) is 74.0. The predicted octanol–water partition coefficient (Wildman–Crippen LogP) is -8.35. The van der Waals surface area contributed by atoms with Crippen LogP contribution in [-0.4, -0.2) is 249 Å². The Morgan fingerprint density at radius 2 is 0.810 bits per heavy atom. The third kappa shape index (κ3) is 30.0. The van der Waals surface area contributed by atoms with E-state index in [-0.39, 0.29) is 0 Å². The second kappa shape index (κ2) is 28.9. The van der Waals surface area contributed by atoms with E-state index in [0.717, 1.165) is 0 Å². The van der Waals surface area contributed by atoms with Crippen molar-refractivity contribution in [3.63, 3.8) is 0 Å². The third-order valence-corrected chi connectivity index (χ3v) is 13.9. The summed E-state index contributed by atoms with van der Waals surface area (Å²) in [5.41, 5.74) is 0. The highest BCUT2D eigenvalue weighted by atomic mass is 32.3. The van der Waals surface area contributed by atoms with Gasteiger partial charge in [-0.3, -0.25) is 67.2 Å².